The van der Waals surface area contributed by atoms with Gasteiger partial charge in [-0.3, -0.25) is 14.3 Å². The molecule has 0 saturated carbocycles. The molecule has 12 heteroatoms. The van der Waals surface area contributed by atoms with Crippen molar-refractivity contribution in [3.8, 4) is 11.6 Å². The number of fused-ring (bicyclic) bond motifs is 1. The van der Waals surface area contributed by atoms with Crippen LogP contribution in [0.3, 0.4) is 0 Å². The van der Waals surface area contributed by atoms with Gasteiger partial charge in [0, 0.05) is 18.7 Å². The van der Waals surface area contributed by atoms with Crippen LogP contribution in [-0.4, -0.2) is 50.2 Å². The van der Waals surface area contributed by atoms with Gasteiger partial charge in [-0.15, -0.1) is 5.10 Å². The maximum absolute atomic E-state index is 15.3. The highest BCUT2D eigenvalue weighted by Crippen LogP contribution is 2.36. The molecule has 1 aliphatic heterocycles. The van der Waals surface area contributed by atoms with Gasteiger partial charge in [0.1, 0.15) is 18.1 Å². The standard InChI is InChI=1S/C22H24ClFN6O4/c1-5-27-18(10-31)26-30(22(27)33)17-9-16-13(8-15(17)24)21(32)29(11-28(16)12(2)3)20-14(23)6-7-19(25-20)34-4/h6-9,12,31H,5,10-11H2,1-4H3. The number of aliphatic hydroxyl groups excluding tert-OH is 1. The van der Waals surface area contributed by atoms with E-state index >= 15 is 4.39 Å². The van der Waals surface area contributed by atoms with Crippen LogP contribution < -0.4 is 20.2 Å². The number of aliphatic hydroxyl groups is 1. The summed E-state index contributed by atoms with van der Waals surface area (Å²) in [4.78, 5) is 33.7. The van der Waals surface area contributed by atoms with Crippen LogP contribution in [0.25, 0.3) is 5.69 Å². The lowest BCUT2D eigenvalue weighted by Crippen LogP contribution is -2.50. The number of benzene rings is 1. The summed E-state index contributed by atoms with van der Waals surface area (Å²) in [6.45, 7) is 5.45. The van der Waals surface area contributed by atoms with Crippen LogP contribution in [0.5, 0.6) is 5.88 Å². The number of ether oxygens (including phenoxy) is 1. The number of halogens is 2. The van der Waals surface area contributed by atoms with Gasteiger partial charge in [-0.25, -0.2) is 9.18 Å². The van der Waals surface area contributed by atoms with Crippen molar-refractivity contribution in [2.45, 2.75) is 40.0 Å². The summed E-state index contributed by atoms with van der Waals surface area (Å²) in [5.41, 5.74) is -0.171. The average molecular weight is 491 g/mol. The third-order valence-electron chi connectivity index (χ3n) is 5.66. The molecule has 34 heavy (non-hydrogen) atoms. The van der Waals surface area contributed by atoms with Crippen molar-refractivity contribution in [3.05, 3.63) is 57.0 Å². The molecular weight excluding hydrogens is 467 g/mol. The Kier molecular flexibility index (Phi) is 6.32. The molecule has 1 N–H and O–H groups in total. The summed E-state index contributed by atoms with van der Waals surface area (Å²) >= 11 is 6.33. The number of anilines is 2. The number of pyridine rings is 1. The molecule has 1 amide bonds. The number of carbonyl (C=O) groups is 1. The monoisotopic (exact) mass is 490 g/mol. The van der Waals surface area contributed by atoms with Crippen molar-refractivity contribution in [1.29, 1.82) is 0 Å². The van der Waals surface area contributed by atoms with Gasteiger partial charge >= 0.3 is 5.69 Å². The van der Waals surface area contributed by atoms with E-state index in [0.717, 1.165) is 10.7 Å². The first-order valence-electron chi connectivity index (χ1n) is 10.6. The fourth-order valence-electron chi connectivity index (χ4n) is 3.91. The van der Waals surface area contributed by atoms with Crippen LogP contribution in [-0.2, 0) is 13.2 Å². The number of hydrogen-bond acceptors (Lipinski definition) is 7. The Morgan fingerprint density at radius 3 is 2.56 bits per heavy atom. The molecule has 0 unspecified atom stereocenters. The second-order valence-electron chi connectivity index (χ2n) is 7.93. The van der Waals surface area contributed by atoms with E-state index in [9.17, 15) is 14.7 Å². The second-order valence-corrected chi connectivity index (χ2v) is 8.34. The van der Waals surface area contributed by atoms with Crippen LogP contribution in [0.1, 0.15) is 37.0 Å². The Labute approximate surface area is 199 Å². The number of methoxy groups -OCH3 is 1. The number of carbonyl (C=O) groups excluding carboxylic acids is 1. The minimum Gasteiger partial charge on any atom is -0.481 e. The van der Waals surface area contributed by atoms with E-state index in [0.29, 0.717) is 5.69 Å². The van der Waals surface area contributed by atoms with Crippen molar-refractivity contribution in [2.24, 2.45) is 0 Å². The largest absolute Gasteiger partial charge is 0.481 e. The molecule has 2 aromatic heterocycles. The van der Waals surface area contributed by atoms with Gasteiger partial charge in [0.15, 0.2) is 11.6 Å². The minimum atomic E-state index is -0.810. The van der Waals surface area contributed by atoms with Crippen molar-refractivity contribution in [2.75, 3.05) is 23.6 Å². The molecule has 1 aromatic carbocycles. The SMILES string of the molecule is CCn1c(CO)nn(-c2cc3c(cc2F)C(=O)N(c2nc(OC)ccc2Cl)CN3C(C)C)c1=O. The first-order valence-corrected chi connectivity index (χ1v) is 11.0. The van der Waals surface area contributed by atoms with Crippen molar-refractivity contribution < 1.29 is 19.0 Å². The van der Waals surface area contributed by atoms with E-state index in [1.165, 1.54) is 22.6 Å². The molecule has 3 heterocycles. The van der Waals surface area contributed by atoms with Gasteiger partial charge in [0.2, 0.25) is 5.88 Å². The molecule has 10 nitrogen and oxygen atoms in total. The third kappa shape index (κ3) is 3.80. The molecule has 180 valence electrons. The molecule has 0 fully saturated rings. The van der Waals surface area contributed by atoms with Gasteiger partial charge in [-0.1, -0.05) is 11.6 Å². The molecule has 0 bridgehead atoms. The number of aromatic nitrogens is 4. The molecule has 0 spiro atoms. The maximum Gasteiger partial charge on any atom is 0.350 e. The van der Waals surface area contributed by atoms with E-state index in [1.807, 2.05) is 18.7 Å². The highest BCUT2D eigenvalue weighted by molar-refractivity contribution is 6.33. The van der Waals surface area contributed by atoms with Gasteiger partial charge in [-0.05, 0) is 39.0 Å². The van der Waals surface area contributed by atoms with Crippen LogP contribution in [0.4, 0.5) is 15.9 Å². The van der Waals surface area contributed by atoms with Crippen molar-refractivity contribution in [1.82, 2.24) is 19.3 Å². The molecule has 4 rings (SSSR count). The lowest BCUT2D eigenvalue weighted by molar-refractivity contribution is 0.0980. The van der Waals surface area contributed by atoms with Crippen LogP contribution in [0, 0.1) is 5.82 Å². The Balaban J connectivity index is 1.88. The minimum absolute atomic E-state index is 0.0900. The number of amides is 1. The summed E-state index contributed by atoms with van der Waals surface area (Å²) in [5.74, 6) is -0.720. The summed E-state index contributed by atoms with van der Waals surface area (Å²) in [6, 6.07) is 5.56. The van der Waals surface area contributed by atoms with Gasteiger partial charge in [0.05, 0.1) is 30.1 Å². The Bertz CT molecular complexity index is 1320. The summed E-state index contributed by atoms with van der Waals surface area (Å²) in [5, 5.41) is 13.9. The lowest BCUT2D eigenvalue weighted by atomic mass is 10.0. The summed E-state index contributed by atoms with van der Waals surface area (Å²) in [6.07, 6.45) is 0. The molecule has 3 aromatic rings. The zero-order valence-electron chi connectivity index (χ0n) is 19.1. The highest BCUT2D eigenvalue weighted by Gasteiger charge is 2.35. The Hall–Kier alpha value is -3.44. The first-order chi connectivity index (χ1) is 16.2. The number of hydrogen-bond donors (Lipinski definition) is 1. The van der Waals surface area contributed by atoms with Gasteiger partial charge in [-0.2, -0.15) is 9.67 Å². The van der Waals surface area contributed by atoms with Crippen LogP contribution in [0.2, 0.25) is 5.02 Å². The summed E-state index contributed by atoms with van der Waals surface area (Å²) < 4.78 is 22.6. The van der Waals surface area contributed by atoms with Gasteiger partial charge < -0.3 is 14.7 Å². The zero-order valence-corrected chi connectivity index (χ0v) is 19.9. The molecule has 0 saturated heterocycles. The molecule has 0 radical (unpaired) electrons. The smallest absolute Gasteiger partial charge is 0.350 e. The summed E-state index contributed by atoms with van der Waals surface area (Å²) in [7, 11) is 1.45. The first kappa shape index (κ1) is 23.7. The molecule has 0 atom stereocenters. The maximum atomic E-state index is 15.3. The number of nitrogens with zero attached hydrogens (tertiary/aromatic N) is 6. The van der Waals surface area contributed by atoms with Crippen LogP contribution >= 0.6 is 11.6 Å². The van der Waals surface area contributed by atoms with E-state index in [2.05, 4.69) is 10.1 Å². The van der Waals surface area contributed by atoms with E-state index in [1.54, 1.807) is 19.1 Å². The predicted molar refractivity (Wildman–Crippen MR) is 124 cm³/mol. The fourth-order valence-corrected chi connectivity index (χ4v) is 4.12. The van der Waals surface area contributed by atoms with E-state index < -0.39 is 24.0 Å². The fraction of sp³-hybridized carbons (Fsp3) is 0.364. The Morgan fingerprint density at radius 1 is 1.24 bits per heavy atom. The third-order valence-corrected chi connectivity index (χ3v) is 5.95. The van der Waals surface area contributed by atoms with Crippen molar-refractivity contribution >= 4 is 29.0 Å². The predicted octanol–water partition coefficient (Wildman–Crippen LogP) is 2.58. The van der Waals surface area contributed by atoms with E-state index in [-0.39, 0.29) is 53.1 Å². The lowest BCUT2D eigenvalue weighted by Gasteiger charge is -2.40. The molecule has 0 aliphatic carbocycles. The van der Waals surface area contributed by atoms with Crippen LogP contribution in [0.15, 0.2) is 29.1 Å². The quantitative estimate of drug-likeness (QED) is 0.566. The number of rotatable bonds is 6. The normalized spacial score (nSPS) is 13.6. The molecular formula is C22H24ClFN6O4. The topological polar surface area (TPSA) is 106 Å². The van der Waals surface area contributed by atoms with Crippen molar-refractivity contribution in [3.63, 3.8) is 0 Å². The highest BCUT2D eigenvalue weighted by atomic mass is 35.5. The average Bonchev–Trinajstić information content (AvgIpc) is 3.14. The zero-order chi connectivity index (χ0) is 24.7. The van der Waals surface area contributed by atoms with Gasteiger partial charge in [0.25, 0.3) is 5.91 Å². The second kappa shape index (κ2) is 9.07. The Morgan fingerprint density at radius 2 is 1.97 bits per heavy atom. The van der Waals surface area contributed by atoms with E-state index in [4.69, 9.17) is 16.3 Å². The molecule has 1 aliphatic rings.